The van der Waals surface area contributed by atoms with Crippen molar-refractivity contribution < 1.29 is 22.7 Å². The number of ether oxygens (including phenoxy) is 2. The van der Waals surface area contributed by atoms with Crippen molar-refractivity contribution in [3.05, 3.63) is 0 Å². The summed E-state index contributed by atoms with van der Waals surface area (Å²) in [4.78, 5) is 13.6. The Kier molecular flexibility index (Phi) is 3.66. The van der Waals surface area contributed by atoms with Crippen molar-refractivity contribution in [2.24, 2.45) is 0 Å². The molecule has 2 saturated heterocycles. The van der Waals surface area contributed by atoms with Crippen LogP contribution in [0.2, 0.25) is 0 Å². The molecule has 0 aliphatic carbocycles. The molecule has 0 aromatic rings. The van der Waals surface area contributed by atoms with E-state index in [1.54, 1.807) is 4.90 Å². The molecule has 1 unspecified atom stereocenters. The number of piperidine rings is 1. The first-order valence-electron chi connectivity index (χ1n) is 6.10. The molecular weight excluding hydrogens is 258 g/mol. The van der Waals surface area contributed by atoms with Gasteiger partial charge in [-0.3, -0.25) is 4.79 Å². The Labute approximate surface area is 107 Å². The third-order valence-corrected chi connectivity index (χ3v) is 5.13. The molecule has 1 atom stereocenters. The Balaban J connectivity index is 1.95. The third-order valence-electron chi connectivity index (χ3n) is 3.64. The second-order valence-corrected chi connectivity index (χ2v) is 7.27. The van der Waals surface area contributed by atoms with Gasteiger partial charge in [-0.05, 0) is 6.92 Å². The van der Waals surface area contributed by atoms with Gasteiger partial charge in [-0.2, -0.15) is 0 Å². The summed E-state index contributed by atoms with van der Waals surface area (Å²) in [6.07, 6.45) is 2.30. The van der Waals surface area contributed by atoms with E-state index >= 15 is 0 Å². The molecule has 0 bridgehead atoms. The van der Waals surface area contributed by atoms with Crippen LogP contribution in [-0.4, -0.2) is 62.8 Å². The van der Waals surface area contributed by atoms with Crippen LogP contribution in [0.15, 0.2) is 0 Å². The van der Waals surface area contributed by atoms with Crippen LogP contribution in [0.25, 0.3) is 0 Å². The van der Waals surface area contributed by atoms with Gasteiger partial charge in [0, 0.05) is 32.2 Å². The predicted octanol–water partition coefficient (Wildman–Crippen LogP) is -0.215. The van der Waals surface area contributed by atoms with Gasteiger partial charge < -0.3 is 14.4 Å². The molecule has 18 heavy (non-hydrogen) atoms. The van der Waals surface area contributed by atoms with E-state index in [4.69, 9.17) is 9.47 Å². The van der Waals surface area contributed by atoms with Crippen LogP contribution in [0.5, 0.6) is 0 Å². The zero-order chi connectivity index (χ0) is 13.4. The van der Waals surface area contributed by atoms with Gasteiger partial charge in [-0.25, -0.2) is 8.42 Å². The molecular formula is C11H19NO5S. The topological polar surface area (TPSA) is 72.9 Å². The number of amides is 1. The van der Waals surface area contributed by atoms with Gasteiger partial charge in [-0.1, -0.05) is 0 Å². The highest BCUT2D eigenvalue weighted by Crippen LogP contribution is 2.31. The average molecular weight is 277 g/mol. The summed E-state index contributed by atoms with van der Waals surface area (Å²) >= 11 is 0. The fourth-order valence-corrected chi connectivity index (χ4v) is 2.81. The fraction of sp³-hybridized carbons (Fsp3) is 0.909. The van der Waals surface area contributed by atoms with Gasteiger partial charge in [0.1, 0.15) is 5.25 Å². The summed E-state index contributed by atoms with van der Waals surface area (Å²) in [5.74, 6) is -0.865. The maximum Gasteiger partial charge on any atom is 0.240 e. The van der Waals surface area contributed by atoms with E-state index < -0.39 is 20.9 Å². The van der Waals surface area contributed by atoms with Crippen molar-refractivity contribution in [2.75, 3.05) is 32.6 Å². The van der Waals surface area contributed by atoms with Crippen LogP contribution in [0.1, 0.15) is 19.8 Å². The Hall–Kier alpha value is -0.660. The van der Waals surface area contributed by atoms with Crippen LogP contribution in [-0.2, 0) is 24.1 Å². The monoisotopic (exact) mass is 277 g/mol. The zero-order valence-corrected chi connectivity index (χ0v) is 11.5. The van der Waals surface area contributed by atoms with Crippen molar-refractivity contribution in [3.8, 4) is 0 Å². The molecule has 6 nitrogen and oxygen atoms in total. The molecule has 2 rings (SSSR count). The second kappa shape index (κ2) is 4.79. The lowest BCUT2D eigenvalue weighted by atomic mass is 10.0. The zero-order valence-electron chi connectivity index (χ0n) is 10.7. The quantitative estimate of drug-likeness (QED) is 0.698. The first kappa shape index (κ1) is 13.8. The number of hydrogen-bond donors (Lipinski definition) is 0. The Bertz CT molecular complexity index is 417. The molecule has 2 heterocycles. The minimum atomic E-state index is -3.33. The highest BCUT2D eigenvalue weighted by atomic mass is 32.2. The lowest BCUT2D eigenvalue weighted by Crippen LogP contribution is -2.50. The molecule has 2 fully saturated rings. The first-order chi connectivity index (χ1) is 8.34. The van der Waals surface area contributed by atoms with E-state index in [2.05, 4.69) is 0 Å². The Morgan fingerprint density at radius 3 is 2.17 bits per heavy atom. The van der Waals surface area contributed by atoms with Gasteiger partial charge >= 0.3 is 0 Å². The van der Waals surface area contributed by atoms with E-state index in [1.165, 1.54) is 6.92 Å². The average Bonchev–Trinajstić information content (AvgIpc) is 2.75. The van der Waals surface area contributed by atoms with Crippen LogP contribution >= 0.6 is 0 Å². The minimum Gasteiger partial charge on any atom is -0.347 e. The summed E-state index contributed by atoms with van der Waals surface area (Å²) in [5.41, 5.74) is 0. The van der Waals surface area contributed by atoms with Crippen molar-refractivity contribution in [2.45, 2.75) is 30.8 Å². The smallest absolute Gasteiger partial charge is 0.240 e. The highest BCUT2D eigenvalue weighted by Gasteiger charge is 2.42. The summed E-state index contributed by atoms with van der Waals surface area (Å²) in [7, 11) is -3.33. The summed E-state index contributed by atoms with van der Waals surface area (Å²) in [6.45, 7) is 3.59. The van der Waals surface area contributed by atoms with Crippen LogP contribution in [0.3, 0.4) is 0 Å². The third kappa shape index (κ3) is 2.67. The lowest BCUT2D eigenvalue weighted by molar-refractivity contribution is -0.187. The number of rotatable bonds is 2. The van der Waals surface area contributed by atoms with Crippen molar-refractivity contribution in [1.29, 1.82) is 0 Å². The molecule has 1 spiro atoms. The highest BCUT2D eigenvalue weighted by molar-refractivity contribution is 7.92. The molecule has 0 radical (unpaired) electrons. The molecule has 7 heteroatoms. The standard InChI is InChI=1S/C11H19NO5S/c1-9(18(2,14)15)10(13)12-5-3-11(4-6-12)16-7-8-17-11/h9H,3-8H2,1-2H3. The second-order valence-electron chi connectivity index (χ2n) is 4.90. The predicted molar refractivity (Wildman–Crippen MR) is 64.8 cm³/mol. The summed E-state index contributed by atoms with van der Waals surface area (Å²) < 4.78 is 33.9. The van der Waals surface area contributed by atoms with Gasteiger partial charge in [0.25, 0.3) is 0 Å². The Morgan fingerprint density at radius 1 is 1.22 bits per heavy atom. The van der Waals surface area contributed by atoms with Gasteiger partial charge in [0.15, 0.2) is 15.6 Å². The van der Waals surface area contributed by atoms with Gasteiger partial charge in [0.05, 0.1) is 13.2 Å². The van der Waals surface area contributed by atoms with E-state index in [1.807, 2.05) is 0 Å². The molecule has 0 aromatic heterocycles. The van der Waals surface area contributed by atoms with Crippen molar-refractivity contribution >= 4 is 15.7 Å². The Morgan fingerprint density at radius 2 is 1.72 bits per heavy atom. The van der Waals surface area contributed by atoms with Crippen LogP contribution in [0, 0.1) is 0 Å². The number of nitrogens with zero attached hydrogens (tertiary/aromatic N) is 1. The summed E-state index contributed by atoms with van der Waals surface area (Å²) in [5, 5.41) is -0.975. The number of hydrogen-bond acceptors (Lipinski definition) is 5. The first-order valence-corrected chi connectivity index (χ1v) is 8.05. The maximum atomic E-state index is 12.0. The molecule has 104 valence electrons. The molecule has 0 aromatic carbocycles. The van der Waals surface area contributed by atoms with E-state index in [0.29, 0.717) is 39.1 Å². The molecule has 0 N–H and O–H groups in total. The normalized spacial score (nSPS) is 25.3. The molecule has 0 saturated carbocycles. The van der Waals surface area contributed by atoms with E-state index in [9.17, 15) is 13.2 Å². The largest absolute Gasteiger partial charge is 0.347 e. The van der Waals surface area contributed by atoms with Gasteiger partial charge in [0.2, 0.25) is 5.91 Å². The molecule has 1 amide bonds. The number of carbonyl (C=O) groups is 1. The van der Waals surface area contributed by atoms with E-state index in [0.717, 1.165) is 6.26 Å². The maximum absolute atomic E-state index is 12.0. The minimum absolute atomic E-state index is 0.328. The van der Waals surface area contributed by atoms with Crippen molar-refractivity contribution in [1.82, 2.24) is 4.90 Å². The van der Waals surface area contributed by atoms with Crippen LogP contribution in [0.4, 0.5) is 0 Å². The SMILES string of the molecule is CC(C(=O)N1CCC2(CC1)OCCO2)S(C)(=O)=O. The number of carbonyl (C=O) groups excluding carboxylic acids is 1. The fourth-order valence-electron chi connectivity index (χ4n) is 2.29. The van der Waals surface area contributed by atoms with E-state index in [-0.39, 0.29) is 5.91 Å². The lowest BCUT2D eigenvalue weighted by Gasteiger charge is -2.38. The molecule has 2 aliphatic heterocycles. The number of likely N-dealkylation sites (tertiary alicyclic amines) is 1. The summed E-state index contributed by atoms with van der Waals surface area (Å²) in [6, 6.07) is 0. The molecule has 2 aliphatic rings. The van der Waals surface area contributed by atoms with Crippen molar-refractivity contribution in [3.63, 3.8) is 0 Å². The van der Waals surface area contributed by atoms with Gasteiger partial charge in [-0.15, -0.1) is 0 Å². The van der Waals surface area contributed by atoms with Crippen LogP contribution < -0.4 is 0 Å². The number of sulfone groups is 1.